The average molecular weight is 309 g/mol. The summed E-state index contributed by atoms with van der Waals surface area (Å²) < 4.78 is 44.1. The number of amides is 1. The Labute approximate surface area is 125 Å². The Bertz CT molecular complexity index is 689. The van der Waals surface area contributed by atoms with Gasteiger partial charge in [0.2, 0.25) is 0 Å². The molecule has 0 spiro atoms. The normalized spacial score (nSPS) is 10.4. The van der Waals surface area contributed by atoms with Crippen molar-refractivity contribution in [1.29, 1.82) is 0 Å². The summed E-state index contributed by atoms with van der Waals surface area (Å²) in [6.07, 6.45) is 0.399. The molecular formula is C16H14F3NO2. The zero-order valence-electron chi connectivity index (χ0n) is 11.8. The summed E-state index contributed by atoms with van der Waals surface area (Å²) in [5, 5.41) is 2.56. The molecule has 0 saturated carbocycles. The molecule has 3 nitrogen and oxygen atoms in total. The zero-order chi connectivity index (χ0) is 16.1. The van der Waals surface area contributed by atoms with E-state index in [0.717, 1.165) is 12.1 Å². The minimum absolute atomic E-state index is 0.0276. The molecule has 0 aliphatic rings. The average Bonchev–Trinajstić information content (AvgIpc) is 2.50. The van der Waals surface area contributed by atoms with Gasteiger partial charge in [-0.1, -0.05) is 6.07 Å². The van der Waals surface area contributed by atoms with Crippen molar-refractivity contribution >= 4 is 5.91 Å². The Kier molecular flexibility index (Phi) is 5.04. The molecule has 0 atom stereocenters. The van der Waals surface area contributed by atoms with E-state index in [4.69, 9.17) is 4.74 Å². The molecule has 0 heterocycles. The predicted octanol–water partition coefficient (Wildman–Crippen LogP) is 3.09. The smallest absolute Gasteiger partial charge is 0.251 e. The number of halogens is 3. The number of benzene rings is 2. The summed E-state index contributed by atoms with van der Waals surface area (Å²) in [7, 11) is 1.38. The second-order valence-electron chi connectivity index (χ2n) is 4.60. The molecule has 2 aromatic rings. The first-order valence-corrected chi connectivity index (χ1v) is 6.57. The molecule has 0 aromatic heterocycles. The van der Waals surface area contributed by atoms with Crippen LogP contribution in [-0.4, -0.2) is 19.6 Å². The summed E-state index contributed by atoms with van der Waals surface area (Å²) in [5.74, 6) is -2.94. The number of carbonyl (C=O) groups is 1. The number of carbonyl (C=O) groups excluding carboxylic acids is 1. The summed E-state index contributed by atoms with van der Waals surface area (Å²) in [6.45, 7) is 0.240. The quantitative estimate of drug-likeness (QED) is 0.922. The fourth-order valence-corrected chi connectivity index (χ4v) is 1.93. The SMILES string of the molecule is COc1ccc(CCNC(=O)c2ccc(F)c(F)c2)cc1F. The Morgan fingerprint density at radius 1 is 1.05 bits per heavy atom. The minimum atomic E-state index is -1.08. The van der Waals surface area contributed by atoms with Crippen molar-refractivity contribution in [3.8, 4) is 5.75 Å². The van der Waals surface area contributed by atoms with E-state index in [9.17, 15) is 18.0 Å². The maximum Gasteiger partial charge on any atom is 0.251 e. The predicted molar refractivity (Wildman–Crippen MR) is 75.3 cm³/mol. The number of hydrogen-bond acceptors (Lipinski definition) is 2. The van der Waals surface area contributed by atoms with Crippen LogP contribution in [0, 0.1) is 17.5 Å². The lowest BCUT2D eigenvalue weighted by molar-refractivity contribution is 0.0953. The van der Waals surface area contributed by atoms with Crippen molar-refractivity contribution in [2.45, 2.75) is 6.42 Å². The monoisotopic (exact) mass is 309 g/mol. The van der Waals surface area contributed by atoms with Gasteiger partial charge in [-0.3, -0.25) is 4.79 Å². The van der Waals surface area contributed by atoms with Gasteiger partial charge in [0.05, 0.1) is 7.11 Å². The lowest BCUT2D eigenvalue weighted by atomic mass is 10.1. The molecule has 2 rings (SSSR count). The van der Waals surface area contributed by atoms with Crippen LogP contribution in [0.2, 0.25) is 0 Å². The Hall–Kier alpha value is -2.50. The van der Waals surface area contributed by atoms with E-state index in [1.54, 1.807) is 6.07 Å². The Balaban J connectivity index is 1.91. The van der Waals surface area contributed by atoms with Gasteiger partial charge in [0.25, 0.3) is 5.91 Å². The maximum atomic E-state index is 13.5. The van der Waals surface area contributed by atoms with Crippen molar-refractivity contribution in [1.82, 2.24) is 5.32 Å². The topological polar surface area (TPSA) is 38.3 Å². The molecule has 6 heteroatoms. The molecule has 0 aliphatic carbocycles. The third-order valence-corrected chi connectivity index (χ3v) is 3.10. The van der Waals surface area contributed by atoms with Crippen LogP contribution in [0.25, 0.3) is 0 Å². The van der Waals surface area contributed by atoms with Crippen LogP contribution in [0.5, 0.6) is 5.75 Å². The van der Waals surface area contributed by atoms with E-state index in [0.29, 0.717) is 12.0 Å². The fourth-order valence-electron chi connectivity index (χ4n) is 1.93. The van der Waals surface area contributed by atoms with Gasteiger partial charge in [0.1, 0.15) is 0 Å². The van der Waals surface area contributed by atoms with Gasteiger partial charge in [-0.2, -0.15) is 0 Å². The second kappa shape index (κ2) is 6.98. The van der Waals surface area contributed by atoms with Crippen LogP contribution in [0.15, 0.2) is 36.4 Å². The number of hydrogen-bond donors (Lipinski definition) is 1. The van der Waals surface area contributed by atoms with Gasteiger partial charge in [-0.15, -0.1) is 0 Å². The molecule has 116 valence electrons. The molecule has 0 radical (unpaired) electrons. The maximum absolute atomic E-state index is 13.5. The van der Waals surface area contributed by atoms with Gasteiger partial charge in [0, 0.05) is 12.1 Å². The van der Waals surface area contributed by atoms with Crippen molar-refractivity contribution in [2.24, 2.45) is 0 Å². The van der Waals surface area contributed by atoms with Crippen molar-refractivity contribution < 1.29 is 22.7 Å². The summed E-state index contributed by atoms with van der Waals surface area (Å²) in [4.78, 5) is 11.8. The first-order valence-electron chi connectivity index (χ1n) is 6.57. The van der Waals surface area contributed by atoms with E-state index >= 15 is 0 Å². The fraction of sp³-hybridized carbons (Fsp3) is 0.188. The Morgan fingerprint density at radius 3 is 2.45 bits per heavy atom. The molecule has 0 bridgehead atoms. The molecular weight excluding hydrogens is 295 g/mol. The largest absolute Gasteiger partial charge is 0.494 e. The molecule has 22 heavy (non-hydrogen) atoms. The van der Waals surface area contributed by atoms with Gasteiger partial charge >= 0.3 is 0 Å². The lowest BCUT2D eigenvalue weighted by Crippen LogP contribution is -2.25. The standard InChI is InChI=1S/C16H14F3NO2/c1-22-15-5-2-10(8-14(15)19)6-7-20-16(21)11-3-4-12(17)13(18)9-11/h2-5,8-9H,6-7H2,1H3,(H,20,21). The molecule has 1 N–H and O–H groups in total. The molecule has 0 saturated heterocycles. The third-order valence-electron chi connectivity index (χ3n) is 3.10. The molecule has 1 amide bonds. The van der Waals surface area contributed by atoms with Crippen LogP contribution < -0.4 is 10.1 Å². The molecule has 0 unspecified atom stereocenters. The number of methoxy groups -OCH3 is 1. The second-order valence-corrected chi connectivity index (χ2v) is 4.60. The van der Waals surface area contributed by atoms with E-state index in [1.165, 1.54) is 25.3 Å². The third kappa shape index (κ3) is 3.78. The van der Waals surface area contributed by atoms with Gasteiger partial charge < -0.3 is 10.1 Å². The molecule has 2 aromatic carbocycles. The molecule has 0 fully saturated rings. The minimum Gasteiger partial charge on any atom is -0.494 e. The first-order chi connectivity index (χ1) is 10.5. The van der Waals surface area contributed by atoms with Crippen LogP contribution in [-0.2, 0) is 6.42 Å². The highest BCUT2D eigenvalue weighted by atomic mass is 19.2. The number of rotatable bonds is 5. The van der Waals surface area contributed by atoms with E-state index < -0.39 is 23.4 Å². The van der Waals surface area contributed by atoms with Gasteiger partial charge in [-0.05, 0) is 42.3 Å². The van der Waals surface area contributed by atoms with Crippen LogP contribution in [0.3, 0.4) is 0 Å². The highest BCUT2D eigenvalue weighted by molar-refractivity contribution is 5.94. The van der Waals surface area contributed by atoms with Crippen molar-refractivity contribution in [3.05, 3.63) is 65.0 Å². The Morgan fingerprint density at radius 2 is 1.82 bits per heavy atom. The summed E-state index contributed by atoms with van der Waals surface area (Å²) in [5.41, 5.74) is 0.712. The van der Waals surface area contributed by atoms with E-state index in [2.05, 4.69) is 5.32 Å². The summed E-state index contributed by atoms with van der Waals surface area (Å²) in [6, 6.07) is 7.43. The molecule has 0 aliphatic heterocycles. The van der Waals surface area contributed by atoms with Gasteiger partial charge in [0.15, 0.2) is 23.2 Å². The number of ether oxygens (including phenoxy) is 1. The van der Waals surface area contributed by atoms with Crippen LogP contribution >= 0.6 is 0 Å². The zero-order valence-corrected chi connectivity index (χ0v) is 11.8. The van der Waals surface area contributed by atoms with Crippen molar-refractivity contribution in [2.75, 3.05) is 13.7 Å². The van der Waals surface area contributed by atoms with E-state index in [1.807, 2.05) is 0 Å². The number of nitrogens with one attached hydrogen (secondary N) is 1. The first kappa shape index (κ1) is 15.9. The highest BCUT2D eigenvalue weighted by Crippen LogP contribution is 2.17. The summed E-state index contributed by atoms with van der Waals surface area (Å²) >= 11 is 0. The van der Waals surface area contributed by atoms with Crippen LogP contribution in [0.4, 0.5) is 13.2 Å². The lowest BCUT2D eigenvalue weighted by Gasteiger charge is -2.07. The van der Waals surface area contributed by atoms with Crippen molar-refractivity contribution in [3.63, 3.8) is 0 Å². The van der Waals surface area contributed by atoms with E-state index in [-0.39, 0.29) is 17.9 Å². The highest BCUT2D eigenvalue weighted by Gasteiger charge is 2.09. The van der Waals surface area contributed by atoms with Gasteiger partial charge in [-0.25, -0.2) is 13.2 Å². The van der Waals surface area contributed by atoms with Crippen LogP contribution in [0.1, 0.15) is 15.9 Å².